The molecule has 7 heteroatoms. The topological polar surface area (TPSA) is 67.8 Å². The van der Waals surface area contributed by atoms with E-state index in [9.17, 15) is 8.42 Å². The molecule has 0 unspecified atom stereocenters. The first-order valence-electron chi connectivity index (χ1n) is 9.71. The van der Waals surface area contributed by atoms with Gasteiger partial charge in [0.05, 0.1) is 31.1 Å². The molecule has 1 saturated heterocycles. The van der Waals surface area contributed by atoms with Crippen molar-refractivity contribution in [3.63, 3.8) is 0 Å². The zero-order valence-corrected chi connectivity index (χ0v) is 17.1. The number of para-hydroxylation sites is 2. The number of nitrogens with zero attached hydrogens (tertiary/aromatic N) is 2. The van der Waals surface area contributed by atoms with E-state index in [1.54, 1.807) is 16.4 Å². The maximum atomic E-state index is 12.9. The predicted octanol–water partition coefficient (Wildman–Crippen LogP) is 2.04. The van der Waals surface area contributed by atoms with Gasteiger partial charge < -0.3 is 9.32 Å². The molecule has 1 N–H and O–H groups in total. The van der Waals surface area contributed by atoms with E-state index < -0.39 is 10.0 Å². The van der Waals surface area contributed by atoms with E-state index in [4.69, 9.17) is 4.42 Å². The Balaban J connectivity index is 1.40. The summed E-state index contributed by atoms with van der Waals surface area (Å²) in [5.41, 5.74) is 2.80. The third-order valence-electron chi connectivity index (χ3n) is 5.35. The minimum Gasteiger partial charge on any atom is -0.435 e. The normalized spacial score (nSPS) is 16.8. The van der Waals surface area contributed by atoms with E-state index in [1.807, 2.05) is 36.4 Å². The Morgan fingerprint density at radius 3 is 2.39 bits per heavy atom. The molecule has 1 aromatic heterocycles. The van der Waals surface area contributed by atoms with Crippen molar-refractivity contribution < 1.29 is 17.7 Å². The molecule has 28 heavy (non-hydrogen) atoms. The fraction of sp³-hybridized carbons (Fsp3) is 0.381. The van der Waals surface area contributed by atoms with Crippen LogP contribution in [0.3, 0.4) is 0 Å². The molecule has 0 radical (unpaired) electrons. The SMILES string of the molecule is CC(C)c1ccc(S(=O)(=O)N2CC[NH+](Cc3nc4ccccc4o3)CC2)cc1. The molecule has 1 aliphatic heterocycles. The van der Waals surface area contributed by atoms with Crippen molar-refractivity contribution >= 4 is 21.1 Å². The Morgan fingerprint density at radius 2 is 1.75 bits per heavy atom. The summed E-state index contributed by atoms with van der Waals surface area (Å²) in [6, 6.07) is 15.0. The molecule has 2 aromatic carbocycles. The first-order chi connectivity index (χ1) is 13.4. The third kappa shape index (κ3) is 3.83. The first-order valence-corrected chi connectivity index (χ1v) is 11.2. The highest BCUT2D eigenvalue weighted by Gasteiger charge is 2.31. The van der Waals surface area contributed by atoms with Crippen LogP contribution in [0, 0.1) is 0 Å². The van der Waals surface area contributed by atoms with Crippen LogP contribution >= 0.6 is 0 Å². The zero-order valence-electron chi connectivity index (χ0n) is 16.3. The van der Waals surface area contributed by atoms with Gasteiger partial charge in [0.1, 0.15) is 5.52 Å². The summed E-state index contributed by atoms with van der Waals surface area (Å²) in [4.78, 5) is 6.18. The summed E-state index contributed by atoms with van der Waals surface area (Å²) < 4.78 is 33.3. The molecule has 1 aliphatic rings. The predicted molar refractivity (Wildman–Crippen MR) is 108 cm³/mol. The maximum Gasteiger partial charge on any atom is 0.251 e. The zero-order chi connectivity index (χ0) is 19.7. The van der Waals surface area contributed by atoms with E-state index in [2.05, 4.69) is 18.8 Å². The summed E-state index contributed by atoms with van der Waals surface area (Å²) >= 11 is 0. The second-order valence-electron chi connectivity index (χ2n) is 7.63. The van der Waals surface area contributed by atoms with Gasteiger partial charge in [0, 0.05) is 0 Å². The van der Waals surface area contributed by atoms with Crippen molar-refractivity contribution in [3.05, 3.63) is 60.0 Å². The van der Waals surface area contributed by atoms with Gasteiger partial charge in [0.15, 0.2) is 12.1 Å². The number of hydrogen-bond acceptors (Lipinski definition) is 4. The van der Waals surface area contributed by atoms with Crippen molar-refractivity contribution in [2.45, 2.75) is 31.2 Å². The largest absolute Gasteiger partial charge is 0.435 e. The molecule has 0 spiro atoms. The lowest BCUT2D eigenvalue weighted by Gasteiger charge is -2.30. The molecule has 0 bridgehead atoms. The van der Waals surface area contributed by atoms with Gasteiger partial charge >= 0.3 is 0 Å². The van der Waals surface area contributed by atoms with Gasteiger partial charge in [0.25, 0.3) is 5.89 Å². The van der Waals surface area contributed by atoms with Crippen LogP contribution < -0.4 is 4.90 Å². The van der Waals surface area contributed by atoms with Crippen LogP contribution in [0.25, 0.3) is 11.1 Å². The highest BCUT2D eigenvalue weighted by atomic mass is 32.2. The van der Waals surface area contributed by atoms with Crippen molar-refractivity contribution in [1.82, 2.24) is 9.29 Å². The molecular formula is C21H26N3O3S+. The number of hydrogen-bond donors (Lipinski definition) is 1. The molecule has 0 atom stereocenters. The quantitative estimate of drug-likeness (QED) is 0.712. The van der Waals surface area contributed by atoms with E-state index in [-0.39, 0.29) is 0 Å². The minimum absolute atomic E-state index is 0.374. The van der Waals surface area contributed by atoms with E-state index in [1.165, 1.54) is 4.90 Å². The average molecular weight is 401 g/mol. The average Bonchev–Trinajstić information content (AvgIpc) is 3.10. The van der Waals surface area contributed by atoms with Crippen molar-refractivity contribution in [2.24, 2.45) is 0 Å². The Bertz CT molecular complexity index is 1020. The molecule has 0 aliphatic carbocycles. The Kier molecular flexibility index (Phi) is 5.23. The molecular weight excluding hydrogens is 374 g/mol. The van der Waals surface area contributed by atoms with Crippen LogP contribution in [0.15, 0.2) is 57.8 Å². The second-order valence-corrected chi connectivity index (χ2v) is 9.57. The fourth-order valence-electron chi connectivity index (χ4n) is 3.60. The first kappa shape index (κ1) is 19.1. The van der Waals surface area contributed by atoms with Crippen LogP contribution in [0.2, 0.25) is 0 Å². The number of nitrogens with one attached hydrogen (secondary N) is 1. The van der Waals surface area contributed by atoms with Crippen LogP contribution in [0.5, 0.6) is 0 Å². The Labute approximate surface area is 165 Å². The molecule has 3 aromatic rings. The van der Waals surface area contributed by atoms with Crippen molar-refractivity contribution in [3.8, 4) is 0 Å². The summed E-state index contributed by atoms with van der Waals surface area (Å²) in [5.74, 6) is 1.09. The van der Waals surface area contributed by atoms with Gasteiger partial charge in [-0.15, -0.1) is 0 Å². The standard InChI is InChI=1S/C21H25N3O3S/c1-16(2)17-7-9-18(10-8-17)28(25,26)24-13-11-23(12-14-24)15-21-22-19-5-3-4-6-20(19)27-21/h3-10,16H,11-15H2,1-2H3/p+1. The van der Waals surface area contributed by atoms with Gasteiger partial charge in [-0.3, -0.25) is 0 Å². The molecule has 6 nitrogen and oxygen atoms in total. The highest BCUT2D eigenvalue weighted by molar-refractivity contribution is 7.89. The lowest BCUT2D eigenvalue weighted by Crippen LogP contribution is -3.13. The van der Waals surface area contributed by atoms with Gasteiger partial charge in [-0.1, -0.05) is 38.1 Å². The minimum atomic E-state index is -3.44. The van der Waals surface area contributed by atoms with Crippen LogP contribution in [0.4, 0.5) is 0 Å². The van der Waals surface area contributed by atoms with Gasteiger partial charge in [-0.2, -0.15) is 4.31 Å². The number of quaternary nitrogens is 1. The molecule has 0 amide bonds. The fourth-order valence-corrected chi connectivity index (χ4v) is 5.04. The second kappa shape index (κ2) is 7.66. The van der Waals surface area contributed by atoms with Gasteiger partial charge in [0.2, 0.25) is 10.0 Å². The molecule has 0 saturated carbocycles. The van der Waals surface area contributed by atoms with Gasteiger partial charge in [-0.25, -0.2) is 13.4 Å². The number of piperazine rings is 1. The lowest BCUT2D eigenvalue weighted by molar-refractivity contribution is -0.918. The number of sulfonamides is 1. The van der Waals surface area contributed by atoms with Crippen LogP contribution in [-0.2, 0) is 16.6 Å². The van der Waals surface area contributed by atoms with Crippen molar-refractivity contribution in [2.75, 3.05) is 26.2 Å². The van der Waals surface area contributed by atoms with E-state index in [0.29, 0.717) is 36.3 Å². The van der Waals surface area contributed by atoms with E-state index in [0.717, 1.165) is 29.8 Å². The van der Waals surface area contributed by atoms with Gasteiger partial charge in [-0.05, 0) is 35.7 Å². The monoisotopic (exact) mass is 400 g/mol. The molecule has 148 valence electrons. The number of rotatable bonds is 5. The molecule has 4 rings (SSSR count). The number of aromatic nitrogens is 1. The van der Waals surface area contributed by atoms with E-state index >= 15 is 0 Å². The molecule has 1 fully saturated rings. The molecule has 2 heterocycles. The summed E-state index contributed by atoms with van der Waals surface area (Å²) in [6.45, 7) is 7.36. The Hall–Kier alpha value is -2.22. The smallest absolute Gasteiger partial charge is 0.251 e. The lowest BCUT2D eigenvalue weighted by atomic mass is 10.0. The number of fused-ring (bicyclic) bond motifs is 1. The number of oxazole rings is 1. The Morgan fingerprint density at radius 1 is 1.07 bits per heavy atom. The maximum absolute atomic E-state index is 12.9. The highest BCUT2D eigenvalue weighted by Crippen LogP contribution is 2.20. The third-order valence-corrected chi connectivity index (χ3v) is 7.27. The summed E-state index contributed by atoms with van der Waals surface area (Å²) in [6.07, 6.45) is 0. The number of benzene rings is 2. The summed E-state index contributed by atoms with van der Waals surface area (Å²) in [5, 5.41) is 0. The van der Waals surface area contributed by atoms with Crippen molar-refractivity contribution in [1.29, 1.82) is 0 Å². The van der Waals surface area contributed by atoms with Crippen LogP contribution in [0.1, 0.15) is 31.2 Å². The summed E-state index contributed by atoms with van der Waals surface area (Å²) in [7, 11) is -3.44. The van der Waals surface area contributed by atoms with Crippen LogP contribution in [-0.4, -0.2) is 43.9 Å².